The van der Waals surface area contributed by atoms with Crippen LogP contribution in [0.15, 0.2) is 59.3 Å². The topological polar surface area (TPSA) is 29.9 Å². The SMILES string of the molecule is Fc1cc(Nc2nccn2-c2ccccc2)c(F)cc1Br. The van der Waals surface area contributed by atoms with Crippen molar-refractivity contribution in [3.05, 3.63) is 71.0 Å². The van der Waals surface area contributed by atoms with E-state index in [0.29, 0.717) is 5.95 Å². The first-order chi connectivity index (χ1) is 10.1. The Kier molecular flexibility index (Phi) is 3.70. The number of imidazole rings is 1. The zero-order valence-electron chi connectivity index (χ0n) is 10.7. The predicted molar refractivity (Wildman–Crippen MR) is 80.9 cm³/mol. The van der Waals surface area contributed by atoms with Gasteiger partial charge in [-0.3, -0.25) is 4.57 Å². The summed E-state index contributed by atoms with van der Waals surface area (Å²) in [6, 6.07) is 11.6. The highest BCUT2D eigenvalue weighted by Gasteiger charge is 2.11. The summed E-state index contributed by atoms with van der Waals surface area (Å²) < 4.78 is 29.2. The van der Waals surface area contributed by atoms with Crippen molar-refractivity contribution in [2.75, 3.05) is 5.32 Å². The lowest BCUT2D eigenvalue weighted by molar-refractivity contribution is 0.597. The van der Waals surface area contributed by atoms with Crippen LogP contribution in [0.5, 0.6) is 0 Å². The van der Waals surface area contributed by atoms with Crippen molar-refractivity contribution < 1.29 is 8.78 Å². The fraction of sp³-hybridized carbons (Fsp3) is 0. The zero-order valence-corrected chi connectivity index (χ0v) is 12.3. The molecular weight excluding hydrogens is 340 g/mol. The summed E-state index contributed by atoms with van der Waals surface area (Å²) in [5.41, 5.74) is 0.898. The second kappa shape index (κ2) is 5.65. The number of aromatic nitrogens is 2. The molecule has 0 fully saturated rings. The first-order valence-corrected chi connectivity index (χ1v) is 6.95. The molecule has 0 saturated carbocycles. The Hall–Kier alpha value is -2.21. The van der Waals surface area contributed by atoms with Crippen molar-refractivity contribution >= 4 is 27.6 Å². The van der Waals surface area contributed by atoms with E-state index in [4.69, 9.17) is 0 Å². The molecule has 106 valence electrons. The molecule has 0 spiro atoms. The number of para-hydroxylation sites is 1. The molecule has 0 aliphatic rings. The molecule has 1 aromatic heterocycles. The molecule has 3 rings (SSSR count). The molecular formula is C15H10BrF2N3. The van der Waals surface area contributed by atoms with Gasteiger partial charge in [0.1, 0.15) is 11.6 Å². The van der Waals surface area contributed by atoms with Gasteiger partial charge in [0.2, 0.25) is 5.95 Å². The molecule has 0 bridgehead atoms. The summed E-state index contributed by atoms with van der Waals surface area (Å²) in [5.74, 6) is -0.704. The van der Waals surface area contributed by atoms with Gasteiger partial charge in [0.05, 0.1) is 10.2 Å². The van der Waals surface area contributed by atoms with Gasteiger partial charge in [0.15, 0.2) is 0 Å². The number of rotatable bonds is 3. The lowest BCUT2D eigenvalue weighted by Gasteiger charge is -2.11. The van der Waals surface area contributed by atoms with E-state index in [1.54, 1.807) is 17.0 Å². The van der Waals surface area contributed by atoms with Crippen LogP contribution in [0, 0.1) is 11.6 Å². The second-order valence-corrected chi connectivity index (χ2v) is 5.18. The van der Waals surface area contributed by atoms with Crippen LogP contribution < -0.4 is 5.32 Å². The van der Waals surface area contributed by atoms with Crippen molar-refractivity contribution in [3.8, 4) is 5.69 Å². The van der Waals surface area contributed by atoms with Crippen molar-refractivity contribution in [2.24, 2.45) is 0 Å². The number of benzene rings is 2. The fourth-order valence-electron chi connectivity index (χ4n) is 1.93. The smallest absolute Gasteiger partial charge is 0.212 e. The van der Waals surface area contributed by atoms with Gasteiger partial charge in [0.25, 0.3) is 0 Å². The van der Waals surface area contributed by atoms with E-state index < -0.39 is 11.6 Å². The second-order valence-electron chi connectivity index (χ2n) is 4.33. The van der Waals surface area contributed by atoms with E-state index in [1.165, 1.54) is 0 Å². The monoisotopic (exact) mass is 349 g/mol. The van der Waals surface area contributed by atoms with E-state index in [-0.39, 0.29) is 10.2 Å². The van der Waals surface area contributed by atoms with E-state index in [2.05, 4.69) is 26.2 Å². The van der Waals surface area contributed by atoms with E-state index in [9.17, 15) is 8.78 Å². The van der Waals surface area contributed by atoms with Crippen molar-refractivity contribution in [2.45, 2.75) is 0 Å². The number of halogens is 3. The molecule has 0 unspecified atom stereocenters. The van der Waals surface area contributed by atoms with Crippen LogP contribution in [0.4, 0.5) is 20.4 Å². The van der Waals surface area contributed by atoms with Crippen LogP contribution in [-0.2, 0) is 0 Å². The van der Waals surface area contributed by atoms with Gasteiger partial charge in [-0.1, -0.05) is 18.2 Å². The molecule has 3 nitrogen and oxygen atoms in total. The summed E-state index contributed by atoms with van der Waals surface area (Å²) in [6.45, 7) is 0. The number of hydrogen-bond donors (Lipinski definition) is 1. The van der Waals surface area contributed by atoms with Crippen LogP contribution in [0.3, 0.4) is 0 Å². The lowest BCUT2D eigenvalue weighted by Crippen LogP contribution is -2.03. The molecule has 21 heavy (non-hydrogen) atoms. The summed E-state index contributed by atoms with van der Waals surface area (Å²) in [7, 11) is 0. The van der Waals surface area contributed by atoms with Crippen LogP contribution in [0.1, 0.15) is 0 Å². The fourth-order valence-corrected chi connectivity index (χ4v) is 2.25. The van der Waals surface area contributed by atoms with Crippen LogP contribution >= 0.6 is 15.9 Å². The van der Waals surface area contributed by atoms with Gasteiger partial charge < -0.3 is 5.32 Å². The van der Waals surface area contributed by atoms with Gasteiger partial charge in [-0.25, -0.2) is 13.8 Å². The standard InChI is InChI=1S/C15H10BrF2N3/c16-11-8-13(18)14(9-12(11)17)20-15-19-6-7-21(15)10-4-2-1-3-5-10/h1-9H,(H,19,20). The van der Waals surface area contributed by atoms with Gasteiger partial charge >= 0.3 is 0 Å². The molecule has 0 aliphatic heterocycles. The highest BCUT2D eigenvalue weighted by molar-refractivity contribution is 9.10. The van der Waals surface area contributed by atoms with Crippen LogP contribution in [0.25, 0.3) is 5.69 Å². The Morgan fingerprint density at radius 3 is 2.57 bits per heavy atom. The van der Waals surface area contributed by atoms with Gasteiger partial charge in [-0.2, -0.15) is 0 Å². The average Bonchev–Trinajstić information content (AvgIpc) is 2.94. The summed E-state index contributed by atoms with van der Waals surface area (Å²) in [5, 5.41) is 2.80. The van der Waals surface area contributed by atoms with Crippen molar-refractivity contribution in [1.29, 1.82) is 0 Å². The third-order valence-electron chi connectivity index (χ3n) is 2.93. The Morgan fingerprint density at radius 2 is 1.81 bits per heavy atom. The number of nitrogens with one attached hydrogen (secondary N) is 1. The van der Waals surface area contributed by atoms with E-state index >= 15 is 0 Å². The van der Waals surface area contributed by atoms with E-state index in [1.807, 2.05) is 30.3 Å². The minimum absolute atomic E-state index is 0.0269. The molecule has 0 aliphatic carbocycles. The minimum Gasteiger partial charge on any atom is -0.323 e. The first kappa shape index (κ1) is 13.8. The lowest BCUT2D eigenvalue weighted by atomic mass is 10.3. The Labute approximate surface area is 128 Å². The number of nitrogens with zero attached hydrogens (tertiary/aromatic N) is 2. The average molecular weight is 350 g/mol. The molecule has 0 saturated heterocycles. The molecule has 1 N–H and O–H groups in total. The quantitative estimate of drug-likeness (QED) is 0.697. The molecule has 2 aromatic carbocycles. The van der Waals surface area contributed by atoms with Gasteiger partial charge in [-0.05, 0) is 34.1 Å². The highest BCUT2D eigenvalue weighted by Crippen LogP contribution is 2.26. The van der Waals surface area contributed by atoms with E-state index in [0.717, 1.165) is 17.8 Å². The molecule has 0 amide bonds. The Balaban J connectivity index is 1.97. The normalized spacial score (nSPS) is 10.6. The predicted octanol–water partition coefficient (Wildman–Crippen LogP) is 4.66. The molecule has 0 radical (unpaired) electrons. The molecule has 6 heteroatoms. The minimum atomic E-state index is -0.564. The Bertz CT molecular complexity index is 772. The summed E-state index contributed by atoms with van der Waals surface area (Å²) >= 11 is 2.95. The zero-order chi connectivity index (χ0) is 14.8. The van der Waals surface area contributed by atoms with Gasteiger partial charge in [-0.15, -0.1) is 0 Å². The van der Waals surface area contributed by atoms with Crippen LogP contribution in [0.2, 0.25) is 0 Å². The molecule has 3 aromatic rings. The number of anilines is 2. The van der Waals surface area contributed by atoms with Crippen LogP contribution in [-0.4, -0.2) is 9.55 Å². The maximum absolute atomic E-state index is 13.9. The number of hydrogen-bond acceptors (Lipinski definition) is 2. The largest absolute Gasteiger partial charge is 0.323 e. The Morgan fingerprint density at radius 1 is 1.05 bits per heavy atom. The highest BCUT2D eigenvalue weighted by atomic mass is 79.9. The third-order valence-corrected chi connectivity index (χ3v) is 3.54. The molecule has 0 atom stereocenters. The molecule has 1 heterocycles. The maximum atomic E-state index is 13.9. The van der Waals surface area contributed by atoms with Crippen molar-refractivity contribution in [3.63, 3.8) is 0 Å². The van der Waals surface area contributed by atoms with Gasteiger partial charge in [0, 0.05) is 24.1 Å². The summed E-state index contributed by atoms with van der Waals surface area (Å²) in [6.07, 6.45) is 3.33. The maximum Gasteiger partial charge on any atom is 0.212 e. The summed E-state index contributed by atoms with van der Waals surface area (Å²) in [4.78, 5) is 4.13. The van der Waals surface area contributed by atoms with Crippen molar-refractivity contribution in [1.82, 2.24) is 9.55 Å². The first-order valence-electron chi connectivity index (χ1n) is 6.15. The third kappa shape index (κ3) is 2.80.